The molecule has 2 aliphatic rings. The summed E-state index contributed by atoms with van der Waals surface area (Å²) >= 11 is 0. The summed E-state index contributed by atoms with van der Waals surface area (Å²) in [4.78, 5) is 21.7. The minimum Gasteiger partial charge on any atom is -0.342 e. The molecule has 0 saturated carbocycles. The van der Waals surface area contributed by atoms with Crippen LogP contribution in [0.25, 0.3) is 0 Å². The van der Waals surface area contributed by atoms with E-state index in [1.54, 1.807) is 6.20 Å². The van der Waals surface area contributed by atoms with Gasteiger partial charge in [-0.1, -0.05) is 66.7 Å². The molecular weight excluding hydrogens is 394 g/mol. The molecule has 0 unspecified atom stereocenters. The van der Waals surface area contributed by atoms with Gasteiger partial charge in [0.2, 0.25) is 5.91 Å². The van der Waals surface area contributed by atoms with E-state index in [0.717, 1.165) is 44.7 Å². The summed E-state index contributed by atoms with van der Waals surface area (Å²) in [5.74, 6) is 1.88. The number of carbonyl (C=O) groups is 1. The number of benzene rings is 2. The quantitative estimate of drug-likeness (QED) is 0.568. The Bertz CT molecular complexity index is 955. The fourth-order valence-electron chi connectivity index (χ4n) is 5.43. The van der Waals surface area contributed by atoms with E-state index in [4.69, 9.17) is 0 Å². The van der Waals surface area contributed by atoms with Crippen LogP contribution >= 0.6 is 0 Å². The van der Waals surface area contributed by atoms with Crippen LogP contribution in [-0.2, 0) is 11.2 Å². The average molecular weight is 426 g/mol. The van der Waals surface area contributed by atoms with Crippen molar-refractivity contribution in [3.63, 3.8) is 0 Å². The number of rotatable bonds is 7. The molecule has 2 aliphatic heterocycles. The van der Waals surface area contributed by atoms with E-state index >= 15 is 0 Å². The largest absolute Gasteiger partial charge is 0.342 e. The van der Waals surface area contributed by atoms with Gasteiger partial charge >= 0.3 is 0 Å². The maximum atomic E-state index is 12.8. The molecule has 0 spiro atoms. The normalized spacial score (nSPS) is 20.6. The zero-order chi connectivity index (χ0) is 21.8. The summed E-state index contributed by atoms with van der Waals surface area (Å²) in [7, 11) is 0. The molecule has 0 radical (unpaired) electrons. The number of amides is 1. The van der Waals surface area contributed by atoms with Crippen molar-refractivity contribution in [2.75, 3.05) is 32.7 Å². The van der Waals surface area contributed by atoms with Crippen molar-refractivity contribution in [3.05, 3.63) is 102 Å². The fourth-order valence-corrected chi connectivity index (χ4v) is 5.43. The molecule has 0 bridgehead atoms. The van der Waals surface area contributed by atoms with E-state index in [1.165, 1.54) is 11.1 Å². The highest BCUT2D eigenvalue weighted by Crippen LogP contribution is 2.34. The van der Waals surface area contributed by atoms with Gasteiger partial charge in [0.1, 0.15) is 0 Å². The molecule has 5 rings (SSSR count). The summed E-state index contributed by atoms with van der Waals surface area (Å²) in [6.45, 7) is 5.04. The van der Waals surface area contributed by atoms with Crippen molar-refractivity contribution in [1.82, 2.24) is 14.8 Å². The third-order valence-electron chi connectivity index (χ3n) is 7.11. The topological polar surface area (TPSA) is 36.4 Å². The number of pyridine rings is 1. The summed E-state index contributed by atoms with van der Waals surface area (Å²) in [5.41, 5.74) is 3.89. The highest BCUT2D eigenvalue weighted by molar-refractivity contribution is 5.76. The molecule has 3 aromatic rings. The number of aromatic nitrogens is 1. The Labute approximate surface area is 190 Å². The van der Waals surface area contributed by atoms with Crippen LogP contribution in [0.3, 0.4) is 0 Å². The third-order valence-corrected chi connectivity index (χ3v) is 7.11. The Balaban J connectivity index is 1.18. The zero-order valence-electron chi connectivity index (χ0n) is 18.5. The average Bonchev–Trinajstić information content (AvgIpc) is 3.42. The molecule has 32 heavy (non-hydrogen) atoms. The third kappa shape index (κ3) is 4.76. The number of aryl methyl sites for hydroxylation is 1. The second-order valence-electron chi connectivity index (χ2n) is 9.27. The summed E-state index contributed by atoms with van der Waals surface area (Å²) in [5, 5.41) is 0. The first-order chi connectivity index (χ1) is 15.8. The molecule has 1 aromatic heterocycles. The van der Waals surface area contributed by atoms with Gasteiger partial charge in [-0.25, -0.2) is 0 Å². The van der Waals surface area contributed by atoms with Crippen molar-refractivity contribution in [2.45, 2.75) is 18.8 Å². The predicted octanol–water partition coefficient (Wildman–Crippen LogP) is 4.24. The van der Waals surface area contributed by atoms with E-state index in [1.807, 2.05) is 18.3 Å². The van der Waals surface area contributed by atoms with Gasteiger partial charge < -0.3 is 9.80 Å². The van der Waals surface area contributed by atoms with Crippen molar-refractivity contribution < 1.29 is 4.79 Å². The van der Waals surface area contributed by atoms with Gasteiger partial charge in [0, 0.05) is 57.5 Å². The molecule has 2 saturated heterocycles. The molecule has 2 fully saturated rings. The minimum atomic E-state index is 0.293. The molecule has 1 amide bonds. The molecule has 0 N–H and O–H groups in total. The molecule has 3 heterocycles. The summed E-state index contributed by atoms with van der Waals surface area (Å²) in [6, 6.07) is 25.7. The van der Waals surface area contributed by atoms with Crippen LogP contribution in [-0.4, -0.2) is 53.4 Å². The number of likely N-dealkylation sites (tertiary alicyclic amines) is 2. The fraction of sp³-hybridized carbons (Fsp3) is 0.357. The first kappa shape index (κ1) is 20.9. The van der Waals surface area contributed by atoms with Crippen LogP contribution < -0.4 is 0 Å². The Morgan fingerprint density at radius 2 is 1.47 bits per heavy atom. The number of nitrogens with zero attached hydrogens (tertiary/aromatic N) is 3. The minimum absolute atomic E-state index is 0.293. The lowest BCUT2D eigenvalue weighted by Gasteiger charge is -2.26. The first-order valence-corrected chi connectivity index (χ1v) is 11.7. The number of hydrogen-bond acceptors (Lipinski definition) is 3. The highest BCUT2D eigenvalue weighted by atomic mass is 16.2. The molecule has 2 aromatic carbocycles. The second-order valence-corrected chi connectivity index (χ2v) is 9.27. The standard InChI is InChI=1S/C28H31N3O/c32-28(14-13-22-8-7-15-29-16-22)31-19-25-17-30(18-26(25)20-31)21-27(23-9-3-1-4-10-23)24-11-5-2-6-12-24/h1-12,15-16,25-27H,13-14,17-21H2/t25-,26-/m0/s1. The van der Waals surface area contributed by atoms with Crippen molar-refractivity contribution in [1.29, 1.82) is 0 Å². The number of fused-ring (bicyclic) bond motifs is 1. The van der Waals surface area contributed by atoms with Gasteiger partial charge in [-0.15, -0.1) is 0 Å². The van der Waals surface area contributed by atoms with Crippen LogP contribution in [0.4, 0.5) is 0 Å². The Kier molecular flexibility index (Phi) is 6.31. The second kappa shape index (κ2) is 9.66. The van der Waals surface area contributed by atoms with Crippen LogP contribution in [0, 0.1) is 11.8 Å². The monoisotopic (exact) mass is 425 g/mol. The maximum absolute atomic E-state index is 12.8. The van der Waals surface area contributed by atoms with Crippen molar-refractivity contribution >= 4 is 5.91 Å². The molecule has 0 aliphatic carbocycles. The Hall–Kier alpha value is -2.98. The zero-order valence-corrected chi connectivity index (χ0v) is 18.5. The predicted molar refractivity (Wildman–Crippen MR) is 127 cm³/mol. The van der Waals surface area contributed by atoms with Crippen LogP contribution in [0.2, 0.25) is 0 Å². The van der Waals surface area contributed by atoms with Gasteiger partial charge in [-0.2, -0.15) is 0 Å². The van der Waals surface area contributed by atoms with Crippen molar-refractivity contribution in [2.24, 2.45) is 11.8 Å². The van der Waals surface area contributed by atoms with Gasteiger partial charge in [-0.05, 0) is 41.0 Å². The van der Waals surface area contributed by atoms with Crippen LogP contribution in [0.1, 0.15) is 29.0 Å². The van der Waals surface area contributed by atoms with Gasteiger partial charge in [0.05, 0.1) is 0 Å². The van der Waals surface area contributed by atoms with E-state index in [2.05, 4.69) is 75.4 Å². The highest BCUT2D eigenvalue weighted by Gasteiger charge is 2.41. The van der Waals surface area contributed by atoms with Crippen LogP contribution in [0.15, 0.2) is 85.2 Å². The van der Waals surface area contributed by atoms with E-state index < -0.39 is 0 Å². The maximum Gasteiger partial charge on any atom is 0.222 e. The van der Waals surface area contributed by atoms with E-state index in [0.29, 0.717) is 30.1 Å². The molecule has 2 atom stereocenters. The number of hydrogen-bond donors (Lipinski definition) is 0. The van der Waals surface area contributed by atoms with E-state index in [9.17, 15) is 4.79 Å². The molecule has 164 valence electrons. The Morgan fingerprint density at radius 1 is 0.844 bits per heavy atom. The van der Waals surface area contributed by atoms with Crippen LogP contribution in [0.5, 0.6) is 0 Å². The SMILES string of the molecule is O=C(CCc1cccnc1)N1C[C@@H]2CN(CC(c3ccccc3)c3ccccc3)C[C@H]2C1. The van der Waals surface area contributed by atoms with Gasteiger partial charge in [0.25, 0.3) is 0 Å². The van der Waals surface area contributed by atoms with Crippen molar-refractivity contribution in [3.8, 4) is 0 Å². The lowest BCUT2D eigenvalue weighted by Crippen LogP contribution is -2.34. The molecule has 4 heteroatoms. The Morgan fingerprint density at radius 3 is 2.03 bits per heavy atom. The first-order valence-electron chi connectivity index (χ1n) is 11.7. The number of carbonyl (C=O) groups excluding carboxylic acids is 1. The smallest absolute Gasteiger partial charge is 0.222 e. The van der Waals surface area contributed by atoms with Gasteiger partial charge in [0.15, 0.2) is 0 Å². The lowest BCUT2D eigenvalue weighted by atomic mass is 9.91. The summed E-state index contributed by atoms with van der Waals surface area (Å²) in [6.07, 6.45) is 5.00. The molecule has 4 nitrogen and oxygen atoms in total. The van der Waals surface area contributed by atoms with Gasteiger partial charge in [-0.3, -0.25) is 9.78 Å². The van der Waals surface area contributed by atoms with E-state index in [-0.39, 0.29) is 0 Å². The lowest BCUT2D eigenvalue weighted by molar-refractivity contribution is -0.130. The summed E-state index contributed by atoms with van der Waals surface area (Å²) < 4.78 is 0. The molecular formula is C28H31N3O.